The van der Waals surface area contributed by atoms with Crippen LogP contribution in [-0.4, -0.2) is 63.4 Å². The Balaban J connectivity index is 1.66. The van der Waals surface area contributed by atoms with E-state index in [-0.39, 0.29) is 38.3 Å². The number of nitrogens with zero attached hydrogens (tertiary/aromatic N) is 2. The minimum Gasteiger partial charge on any atom is -0.391 e. The Bertz CT molecular complexity index is 1140. The van der Waals surface area contributed by atoms with Crippen molar-refractivity contribution < 1.29 is 24.3 Å². The predicted molar refractivity (Wildman–Crippen MR) is 140 cm³/mol. The Labute approximate surface area is 220 Å². The first-order valence-electron chi connectivity index (χ1n) is 12.2. The molecule has 11 heteroatoms. The average molecular weight is 530 g/mol. The number of likely N-dealkylation sites (tertiary alicyclic amines) is 1. The average Bonchev–Trinajstić information content (AvgIpc) is 3.44. The van der Waals surface area contributed by atoms with Crippen molar-refractivity contribution >= 4 is 35.0 Å². The highest BCUT2D eigenvalue weighted by molar-refractivity contribution is 7.13. The number of amides is 4. The zero-order valence-corrected chi connectivity index (χ0v) is 22.4. The molecule has 0 spiro atoms. The number of thiazole rings is 1. The summed E-state index contributed by atoms with van der Waals surface area (Å²) in [4.78, 5) is 56.7. The lowest BCUT2D eigenvalue weighted by atomic mass is 9.85. The molecule has 1 aliphatic heterocycles. The normalized spacial score (nSPS) is 18.4. The Morgan fingerprint density at radius 1 is 1.19 bits per heavy atom. The van der Waals surface area contributed by atoms with E-state index >= 15 is 0 Å². The van der Waals surface area contributed by atoms with Gasteiger partial charge < -0.3 is 26.4 Å². The maximum absolute atomic E-state index is 13.5. The number of primary amides is 1. The van der Waals surface area contributed by atoms with E-state index in [2.05, 4.69) is 15.6 Å². The summed E-state index contributed by atoms with van der Waals surface area (Å²) in [7, 11) is 0. The number of nitrogens with one attached hydrogen (secondary N) is 2. The third kappa shape index (κ3) is 7.36. The van der Waals surface area contributed by atoms with E-state index in [0.29, 0.717) is 0 Å². The molecule has 1 fully saturated rings. The number of aryl methyl sites for hydroxylation is 1. The van der Waals surface area contributed by atoms with Crippen molar-refractivity contribution in [2.75, 3.05) is 6.54 Å². The van der Waals surface area contributed by atoms with Gasteiger partial charge in [0.05, 0.1) is 22.2 Å². The number of carbonyl (C=O) groups excluding carboxylic acids is 4. The summed E-state index contributed by atoms with van der Waals surface area (Å²) >= 11 is 1.57. The Kier molecular flexibility index (Phi) is 9.03. The predicted octanol–water partition coefficient (Wildman–Crippen LogP) is 1.49. The number of aliphatic hydroxyl groups excluding tert-OH is 1. The molecule has 3 atom stereocenters. The molecule has 1 saturated heterocycles. The van der Waals surface area contributed by atoms with Crippen LogP contribution in [0.4, 0.5) is 0 Å². The van der Waals surface area contributed by atoms with Crippen LogP contribution in [0.2, 0.25) is 0 Å². The van der Waals surface area contributed by atoms with E-state index in [0.717, 1.165) is 21.7 Å². The summed E-state index contributed by atoms with van der Waals surface area (Å²) in [5.74, 6) is -1.92. The second-order valence-corrected chi connectivity index (χ2v) is 11.3. The minimum absolute atomic E-state index is 0.0104. The number of aliphatic hydroxyl groups is 1. The third-order valence-electron chi connectivity index (χ3n) is 6.31. The van der Waals surface area contributed by atoms with E-state index < -0.39 is 41.3 Å². The van der Waals surface area contributed by atoms with Crippen LogP contribution in [0.15, 0.2) is 29.8 Å². The second-order valence-electron chi connectivity index (χ2n) is 10.4. The van der Waals surface area contributed by atoms with Crippen molar-refractivity contribution in [1.82, 2.24) is 20.5 Å². The number of aromatic nitrogens is 1. The second kappa shape index (κ2) is 11.8. The molecule has 2 heterocycles. The van der Waals surface area contributed by atoms with Crippen LogP contribution in [0.1, 0.15) is 51.3 Å². The topological polar surface area (TPSA) is 155 Å². The third-order valence-corrected chi connectivity index (χ3v) is 7.29. The van der Waals surface area contributed by atoms with Gasteiger partial charge in [0.2, 0.25) is 23.6 Å². The number of hydrogen-bond donors (Lipinski definition) is 4. The van der Waals surface area contributed by atoms with Crippen molar-refractivity contribution in [2.24, 2.45) is 11.1 Å². The lowest BCUT2D eigenvalue weighted by Crippen LogP contribution is -2.57. The van der Waals surface area contributed by atoms with Crippen molar-refractivity contribution in [3.8, 4) is 10.4 Å². The molecule has 0 radical (unpaired) electrons. The molecule has 5 N–H and O–H groups in total. The number of benzene rings is 1. The molecule has 1 aromatic carbocycles. The van der Waals surface area contributed by atoms with Crippen LogP contribution in [0, 0.1) is 12.3 Å². The van der Waals surface area contributed by atoms with Gasteiger partial charge in [0.25, 0.3) is 0 Å². The number of nitrogens with two attached hydrogens (primary N) is 1. The van der Waals surface area contributed by atoms with E-state index in [9.17, 15) is 24.3 Å². The van der Waals surface area contributed by atoms with Crippen LogP contribution < -0.4 is 16.4 Å². The molecule has 4 amide bonds. The van der Waals surface area contributed by atoms with Crippen LogP contribution in [0.3, 0.4) is 0 Å². The molecule has 2 unspecified atom stereocenters. The van der Waals surface area contributed by atoms with Crippen molar-refractivity contribution in [1.29, 1.82) is 0 Å². The molecule has 0 saturated carbocycles. The summed E-state index contributed by atoms with van der Waals surface area (Å²) in [6.07, 6.45) is -1.01. The molecule has 3 rings (SSSR count). The van der Waals surface area contributed by atoms with Crippen molar-refractivity contribution in [2.45, 2.75) is 71.7 Å². The summed E-state index contributed by atoms with van der Waals surface area (Å²) < 4.78 is 0. The van der Waals surface area contributed by atoms with Crippen LogP contribution in [-0.2, 0) is 25.7 Å². The highest BCUT2D eigenvalue weighted by Crippen LogP contribution is 2.28. The van der Waals surface area contributed by atoms with E-state index in [1.54, 1.807) is 37.6 Å². The van der Waals surface area contributed by atoms with Gasteiger partial charge in [-0.1, -0.05) is 45.0 Å². The highest BCUT2D eigenvalue weighted by atomic mass is 32.1. The van der Waals surface area contributed by atoms with Gasteiger partial charge in [-0.2, -0.15) is 0 Å². The summed E-state index contributed by atoms with van der Waals surface area (Å²) in [6.45, 7) is 7.60. The van der Waals surface area contributed by atoms with Gasteiger partial charge in [0.15, 0.2) is 0 Å². The molecule has 2 aromatic rings. The van der Waals surface area contributed by atoms with Crippen LogP contribution in [0.25, 0.3) is 10.4 Å². The molecule has 200 valence electrons. The van der Waals surface area contributed by atoms with Gasteiger partial charge in [-0.3, -0.25) is 19.2 Å². The standard InChI is InChI=1S/C26H35N5O5S/c1-15-22(37-14-29-15)17-7-5-16(6-8-17)12-28-24(35)19-11-18(32)13-31(19)25(36)23(26(2,3)4)30-21(34)10-9-20(27)33/h5-8,14,18-19,23,32H,9-13H2,1-4H3,(H2,27,33)(H,28,35)(H,30,34)/t18-,19?,23?/m1/s1. The van der Waals surface area contributed by atoms with Gasteiger partial charge in [0, 0.05) is 32.4 Å². The van der Waals surface area contributed by atoms with Gasteiger partial charge >= 0.3 is 0 Å². The highest BCUT2D eigenvalue weighted by Gasteiger charge is 2.44. The molecular weight excluding hydrogens is 494 g/mol. The molecule has 37 heavy (non-hydrogen) atoms. The summed E-state index contributed by atoms with van der Waals surface area (Å²) in [6, 6.07) is 6.00. The maximum atomic E-state index is 13.5. The fourth-order valence-corrected chi connectivity index (χ4v) is 5.06. The lowest BCUT2D eigenvalue weighted by molar-refractivity contribution is -0.144. The van der Waals surface area contributed by atoms with E-state index in [1.807, 2.05) is 31.2 Å². The van der Waals surface area contributed by atoms with Crippen LogP contribution >= 0.6 is 11.3 Å². The van der Waals surface area contributed by atoms with Gasteiger partial charge in [-0.15, -0.1) is 11.3 Å². The smallest absolute Gasteiger partial charge is 0.246 e. The fourth-order valence-electron chi connectivity index (χ4n) is 4.25. The van der Waals surface area contributed by atoms with Gasteiger partial charge in [0.1, 0.15) is 12.1 Å². The quantitative estimate of drug-likeness (QED) is 0.386. The largest absolute Gasteiger partial charge is 0.391 e. The fraction of sp³-hybridized carbons (Fsp3) is 0.500. The molecule has 0 bridgehead atoms. The molecule has 1 aromatic heterocycles. The molecule has 1 aliphatic rings. The molecule has 0 aliphatic carbocycles. The first-order valence-corrected chi connectivity index (χ1v) is 13.1. The Morgan fingerprint density at radius 2 is 1.86 bits per heavy atom. The number of rotatable bonds is 9. The van der Waals surface area contributed by atoms with Gasteiger partial charge in [-0.25, -0.2) is 4.98 Å². The molecule has 10 nitrogen and oxygen atoms in total. The molecular formula is C26H35N5O5S. The zero-order valence-electron chi connectivity index (χ0n) is 21.6. The monoisotopic (exact) mass is 529 g/mol. The van der Waals surface area contributed by atoms with Gasteiger partial charge in [-0.05, 0) is 23.5 Å². The first-order chi connectivity index (χ1) is 17.4. The Hall–Kier alpha value is -3.31. The van der Waals surface area contributed by atoms with Crippen molar-refractivity contribution in [3.63, 3.8) is 0 Å². The van der Waals surface area contributed by atoms with Crippen LogP contribution in [0.5, 0.6) is 0 Å². The Morgan fingerprint density at radius 3 is 2.43 bits per heavy atom. The maximum Gasteiger partial charge on any atom is 0.246 e. The number of hydrogen-bond acceptors (Lipinski definition) is 7. The lowest BCUT2D eigenvalue weighted by Gasteiger charge is -2.35. The summed E-state index contributed by atoms with van der Waals surface area (Å²) in [5, 5.41) is 15.8. The number of β-amino-alcohol motifs (C(OH)–C–C–N with tert-alkyl or cyclic N) is 1. The number of carbonyl (C=O) groups is 4. The van der Waals surface area contributed by atoms with Crippen molar-refractivity contribution in [3.05, 3.63) is 41.0 Å². The minimum atomic E-state index is -0.948. The van der Waals surface area contributed by atoms with E-state index in [1.165, 1.54) is 4.90 Å². The van der Waals surface area contributed by atoms with E-state index in [4.69, 9.17) is 5.73 Å². The zero-order chi connectivity index (χ0) is 27.3. The first kappa shape index (κ1) is 28.3. The SMILES string of the molecule is Cc1ncsc1-c1ccc(CNC(=O)C2C[C@@H](O)CN2C(=O)C(NC(=O)CCC(N)=O)C(C)(C)C)cc1. The summed E-state index contributed by atoms with van der Waals surface area (Å²) in [5.41, 5.74) is 9.16.